The standard InChI is InChI=1S/C14H15ClN2O2S/c1-9-7-13(16)10(2)14(8-9)20(18,19)17-12-5-3-11(15)4-6-12/h3-8,17H,16H2,1-2H3. The molecule has 0 radical (unpaired) electrons. The average Bonchev–Trinajstić information content (AvgIpc) is 2.36. The van der Waals surface area contributed by atoms with Crippen molar-refractivity contribution in [1.29, 1.82) is 0 Å². The molecule has 0 aromatic heterocycles. The van der Waals surface area contributed by atoms with Gasteiger partial charge in [0, 0.05) is 16.4 Å². The van der Waals surface area contributed by atoms with Crippen LogP contribution in [0, 0.1) is 13.8 Å². The molecule has 0 unspecified atom stereocenters. The largest absolute Gasteiger partial charge is 0.398 e. The third-order valence-corrected chi connectivity index (χ3v) is 4.69. The van der Waals surface area contributed by atoms with Crippen molar-refractivity contribution in [3.8, 4) is 0 Å². The Morgan fingerprint density at radius 2 is 1.70 bits per heavy atom. The number of anilines is 2. The Morgan fingerprint density at radius 3 is 2.30 bits per heavy atom. The fraction of sp³-hybridized carbons (Fsp3) is 0.143. The second kappa shape index (κ2) is 5.34. The van der Waals surface area contributed by atoms with E-state index in [2.05, 4.69) is 4.72 Å². The summed E-state index contributed by atoms with van der Waals surface area (Å²) in [5.74, 6) is 0. The quantitative estimate of drug-likeness (QED) is 0.854. The first-order chi connectivity index (χ1) is 9.29. The van der Waals surface area contributed by atoms with Crippen LogP contribution >= 0.6 is 11.6 Å². The number of sulfonamides is 1. The van der Waals surface area contributed by atoms with Gasteiger partial charge in [0.25, 0.3) is 10.0 Å². The van der Waals surface area contributed by atoms with Gasteiger partial charge < -0.3 is 5.73 Å². The van der Waals surface area contributed by atoms with Crippen molar-refractivity contribution in [2.24, 2.45) is 0 Å². The van der Waals surface area contributed by atoms with Gasteiger partial charge in [0.1, 0.15) is 0 Å². The molecule has 2 aromatic carbocycles. The van der Waals surface area contributed by atoms with E-state index in [-0.39, 0.29) is 4.90 Å². The summed E-state index contributed by atoms with van der Waals surface area (Å²) in [6.07, 6.45) is 0. The first-order valence-corrected chi connectivity index (χ1v) is 7.81. The fourth-order valence-corrected chi connectivity index (χ4v) is 3.40. The summed E-state index contributed by atoms with van der Waals surface area (Å²) >= 11 is 5.77. The summed E-state index contributed by atoms with van der Waals surface area (Å²) in [7, 11) is -3.67. The first-order valence-electron chi connectivity index (χ1n) is 5.95. The average molecular weight is 311 g/mol. The van der Waals surface area contributed by atoms with Crippen LogP contribution in [-0.2, 0) is 10.0 Å². The molecule has 0 saturated carbocycles. The molecule has 106 valence electrons. The van der Waals surface area contributed by atoms with E-state index in [1.165, 1.54) is 0 Å². The highest BCUT2D eigenvalue weighted by Gasteiger charge is 2.18. The normalized spacial score (nSPS) is 11.3. The highest BCUT2D eigenvalue weighted by molar-refractivity contribution is 7.92. The zero-order chi connectivity index (χ0) is 14.9. The van der Waals surface area contributed by atoms with Crippen LogP contribution in [0.25, 0.3) is 0 Å². The van der Waals surface area contributed by atoms with Gasteiger partial charge in [-0.05, 0) is 61.4 Å². The lowest BCUT2D eigenvalue weighted by atomic mass is 10.1. The summed E-state index contributed by atoms with van der Waals surface area (Å²) < 4.78 is 27.3. The van der Waals surface area contributed by atoms with Gasteiger partial charge in [-0.2, -0.15) is 0 Å². The van der Waals surface area contributed by atoms with Gasteiger partial charge in [-0.25, -0.2) is 8.42 Å². The number of halogens is 1. The molecule has 2 rings (SSSR count). The number of aryl methyl sites for hydroxylation is 1. The molecule has 3 N–H and O–H groups in total. The van der Waals surface area contributed by atoms with Crippen molar-refractivity contribution in [2.45, 2.75) is 18.7 Å². The minimum atomic E-state index is -3.67. The Kier molecular flexibility index (Phi) is 3.92. The smallest absolute Gasteiger partial charge is 0.262 e. The van der Waals surface area contributed by atoms with E-state index in [9.17, 15) is 8.42 Å². The summed E-state index contributed by atoms with van der Waals surface area (Å²) in [6.45, 7) is 3.49. The van der Waals surface area contributed by atoms with Gasteiger partial charge in [0.2, 0.25) is 0 Å². The van der Waals surface area contributed by atoms with Crippen molar-refractivity contribution >= 4 is 33.0 Å². The van der Waals surface area contributed by atoms with E-state index < -0.39 is 10.0 Å². The third-order valence-electron chi connectivity index (χ3n) is 2.93. The van der Waals surface area contributed by atoms with Crippen LogP contribution in [0.2, 0.25) is 5.02 Å². The van der Waals surface area contributed by atoms with Gasteiger partial charge in [0.05, 0.1) is 4.90 Å². The van der Waals surface area contributed by atoms with Crippen LogP contribution in [0.5, 0.6) is 0 Å². The molecule has 0 fully saturated rings. The molecule has 0 heterocycles. The SMILES string of the molecule is Cc1cc(N)c(C)c(S(=O)(=O)Nc2ccc(Cl)cc2)c1. The molecular formula is C14H15ClN2O2S. The van der Waals surface area contributed by atoms with Gasteiger partial charge in [-0.3, -0.25) is 4.72 Å². The van der Waals surface area contributed by atoms with E-state index >= 15 is 0 Å². The number of nitrogens with two attached hydrogens (primary N) is 1. The topological polar surface area (TPSA) is 72.2 Å². The Labute approximate surface area is 123 Å². The molecule has 0 aliphatic heterocycles. The van der Waals surface area contributed by atoms with Crippen LogP contribution in [0.15, 0.2) is 41.3 Å². The molecule has 0 amide bonds. The van der Waals surface area contributed by atoms with E-state index in [0.29, 0.717) is 22.0 Å². The maximum absolute atomic E-state index is 12.4. The Hall–Kier alpha value is -1.72. The fourth-order valence-electron chi connectivity index (χ4n) is 1.86. The molecule has 20 heavy (non-hydrogen) atoms. The summed E-state index contributed by atoms with van der Waals surface area (Å²) in [6, 6.07) is 9.80. The lowest BCUT2D eigenvalue weighted by Gasteiger charge is -2.13. The van der Waals surface area contributed by atoms with Gasteiger partial charge in [0.15, 0.2) is 0 Å². The lowest BCUT2D eigenvalue weighted by Crippen LogP contribution is -2.15. The van der Waals surface area contributed by atoms with Crippen LogP contribution in [0.3, 0.4) is 0 Å². The zero-order valence-corrected chi connectivity index (χ0v) is 12.7. The van der Waals surface area contributed by atoms with Crippen LogP contribution in [-0.4, -0.2) is 8.42 Å². The molecule has 0 saturated heterocycles. The van der Waals surface area contributed by atoms with E-state index in [0.717, 1.165) is 5.56 Å². The van der Waals surface area contributed by atoms with Crippen molar-refractivity contribution in [3.05, 3.63) is 52.5 Å². The molecule has 0 spiro atoms. The number of benzene rings is 2. The first kappa shape index (κ1) is 14.7. The maximum atomic E-state index is 12.4. The predicted octanol–water partition coefficient (Wildman–Crippen LogP) is 3.34. The monoisotopic (exact) mass is 310 g/mol. The summed E-state index contributed by atoms with van der Waals surface area (Å²) in [4.78, 5) is 0.185. The highest BCUT2D eigenvalue weighted by Crippen LogP contribution is 2.25. The van der Waals surface area contributed by atoms with Crippen molar-refractivity contribution in [3.63, 3.8) is 0 Å². The van der Waals surface area contributed by atoms with Gasteiger partial charge in [-0.15, -0.1) is 0 Å². The summed E-state index contributed by atoms with van der Waals surface area (Å²) in [5, 5.41) is 0.545. The van der Waals surface area contributed by atoms with Crippen LogP contribution in [0.1, 0.15) is 11.1 Å². The zero-order valence-electron chi connectivity index (χ0n) is 11.1. The van der Waals surface area contributed by atoms with Gasteiger partial charge in [-0.1, -0.05) is 11.6 Å². The Morgan fingerprint density at radius 1 is 1.10 bits per heavy atom. The molecule has 0 aliphatic rings. The molecule has 0 bridgehead atoms. The van der Waals surface area contributed by atoms with Crippen LogP contribution < -0.4 is 10.5 Å². The molecular weight excluding hydrogens is 296 g/mol. The number of nitrogens with one attached hydrogen (secondary N) is 1. The molecule has 2 aromatic rings. The second-order valence-corrected chi connectivity index (χ2v) is 6.68. The molecule has 0 aliphatic carbocycles. The van der Waals surface area contributed by atoms with Crippen molar-refractivity contribution < 1.29 is 8.42 Å². The number of hydrogen-bond acceptors (Lipinski definition) is 3. The second-order valence-electron chi connectivity index (χ2n) is 4.59. The van der Waals surface area contributed by atoms with Gasteiger partial charge >= 0.3 is 0 Å². The molecule has 4 nitrogen and oxygen atoms in total. The maximum Gasteiger partial charge on any atom is 0.262 e. The minimum Gasteiger partial charge on any atom is -0.398 e. The Bertz CT molecular complexity index is 741. The number of rotatable bonds is 3. The molecule has 6 heteroatoms. The van der Waals surface area contributed by atoms with E-state index in [1.807, 2.05) is 0 Å². The van der Waals surface area contributed by atoms with Crippen molar-refractivity contribution in [1.82, 2.24) is 0 Å². The highest BCUT2D eigenvalue weighted by atomic mass is 35.5. The number of nitrogen functional groups attached to an aromatic ring is 1. The van der Waals surface area contributed by atoms with E-state index in [4.69, 9.17) is 17.3 Å². The minimum absolute atomic E-state index is 0.185. The van der Waals surface area contributed by atoms with E-state index in [1.54, 1.807) is 50.2 Å². The number of hydrogen-bond donors (Lipinski definition) is 2. The summed E-state index contributed by atoms with van der Waals surface area (Å²) in [5.41, 5.74) is 8.07. The lowest BCUT2D eigenvalue weighted by molar-refractivity contribution is 0.600. The third kappa shape index (κ3) is 3.05. The van der Waals surface area contributed by atoms with Crippen LogP contribution in [0.4, 0.5) is 11.4 Å². The predicted molar refractivity (Wildman–Crippen MR) is 82.6 cm³/mol. The molecule has 0 atom stereocenters. The van der Waals surface area contributed by atoms with Crippen molar-refractivity contribution in [2.75, 3.05) is 10.5 Å². The Balaban J connectivity index is 2.43.